The Labute approximate surface area is 93.7 Å². The number of carbonyl (C=O) groups is 1. The molecule has 3 N–H and O–H groups in total. The van der Waals surface area contributed by atoms with Gasteiger partial charge in [0.15, 0.2) is 0 Å². The van der Waals surface area contributed by atoms with Gasteiger partial charge in [-0.25, -0.2) is 4.98 Å². The van der Waals surface area contributed by atoms with Crippen molar-refractivity contribution < 1.29 is 4.79 Å². The second-order valence-electron chi connectivity index (χ2n) is 3.22. The van der Waals surface area contributed by atoms with E-state index < -0.39 is 0 Å². The topological polar surface area (TPSA) is 72.9 Å². The van der Waals surface area contributed by atoms with Crippen LogP contribution in [0.5, 0.6) is 0 Å². The summed E-state index contributed by atoms with van der Waals surface area (Å²) >= 11 is 4.73. The highest BCUT2D eigenvalue weighted by Gasteiger charge is 2.07. The first-order valence-corrected chi connectivity index (χ1v) is 5.05. The van der Waals surface area contributed by atoms with E-state index in [1.807, 2.05) is 0 Å². The van der Waals surface area contributed by atoms with Crippen LogP contribution in [0.1, 0.15) is 23.3 Å². The summed E-state index contributed by atoms with van der Waals surface area (Å²) in [7, 11) is 1.77. The highest BCUT2D eigenvalue weighted by atomic mass is 32.1. The zero-order valence-corrected chi connectivity index (χ0v) is 9.38. The van der Waals surface area contributed by atoms with Crippen LogP contribution in [-0.2, 0) is 7.05 Å². The fourth-order valence-corrected chi connectivity index (χ4v) is 1.28. The van der Waals surface area contributed by atoms with Gasteiger partial charge in [0.1, 0.15) is 5.69 Å². The minimum absolute atomic E-state index is 0.127. The molecular weight excluding hydrogens is 212 g/mol. The number of aryl methyl sites for hydroxylation is 1. The van der Waals surface area contributed by atoms with Crippen molar-refractivity contribution in [2.75, 3.05) is 6.54 Å². The number of aromatic nitrogens is 2. The quantitative estimate of drug-likeness (QED) is 0.556. The highest BCUT2D eigenvalue weighted by Crippen LogP contribution is 1.96. The molecule has 1 aromatic heterocycles. The molecule has 1 aromatic rings. The van der Waals surface area contributed by atoms with Gasteiger partial charge in [0.2, 0.25) is 0 Å². The molecule has 0 aromatic carbocycles. The van der Waals surface area contributed by atoms with Crippen LogP contribution in [0.4, 0.5) is 0 Å². The summed E-state index contributed by atoms with van der Waals surface area (Å²) < 4.78 is 1.67. The van der Waals surface area contributed by atoms with Crippen LogP contribution < -0.4 is 11.1 Å². The van der Waals surface area contributed by atoms with Gasteiger partial charge in [0.25, 0.3) is 5.91 Å². The fourth-order valence-electron chi connectivity index (χ4n) is 1.13. The first-order valence-electron chi connectivity index (χ1n) is 4.64. The van der Waals surface area contributed by atoms with Crippen molar-refractivity contribution in [3.63, 3.8) is 0 Å². The molecule has 1 amide bonds. The number of nitrogens with one attached hydrogen (secondary N) is 1. The molecule has 0 saturated heterocycles. The zero-order chi connectivity index (χ0) is 11.3. The lowest BCUT2D eigenvalue weighted by Gasteiger charge is -2.04. The number of hydrogen-bond donors (Lipinski definition) is 2. The summed E-state index contributed by atoms with van der Waals surface area (Å²) in [4.78, 5) is 15.9. The van der Waals surface area contributed by atoms with E-state index in [4.69, 9.17) is 18.0 Å². The summed E-state index contributed by atoms with van der Waals surface area (Å²) in [6.07, 6.45) is 4.53. The first-order chi connectivity index (χ1) is 7.11. The molecule has 0 aliphatic carbocycles. The largest absolute Gasteiger partial charge is 0.393 e. The van der Waals surface area contributed by atoms with E-state index in [9.17, 15) is 4.79 Å². The SMILES string of the molecule is Cn1cncc1C(=O)NCCCC(N)=S. The van der Waals surface area contributed by atoms with E-state index in [2.05, 4.69) is 10.3 Å². The number of amides is 1. The Morgan fingerprint density at radius 1 is 1.73 bits per heavy atom. The van der Waals surface area contributed by atoms with Gasteiger partial charge in [-0.3, -0.25) is 4.79 Å². The molecule has 0 aliphatic heterocycles. The maximum atomic E-state index is 11.5. The van der Waals surface area contributed by atoms with Crippen molar-refractivity contribution in [2.24, 2.45) is 12.8 Å². The monoisotopic (exact) mass is 226 g/mol. The minimum atomic E-state index is -0.127. The first kappa shape index (κ1) is 11.6. The summed E-state index contributed by atoms with van der Waals surface area (Å²) in [5.74, 6) is -0.127. The molecule has 15 heavy (non-hydrogen) atoms. The molecule has 0 fully saturated rings. The van der Waals surface area contributed by atoms with Gasteiger partial charge in [0.05, 0.1) is 17.5 Å². The number of nitrogens with zero attached hydrogens (tertiary/aromatic N) is 2. The number of thiocarbonyl (C=S) groups is 1. The molecule has 0 bridgehead atoms. The summed E-state index contributed by atoms with van der Waals surface area (Å²) in [6.45, 7) is 0.571. The van der Waals surface area contributed by atoms with Crippen molar-refractivity contribution in [1.82, 2.24) is 14.9 Å². The summed E-state index contributed by atoms with van der Waals surface area (Å²) in [5, 5.41) is 2.77. The normalized spacial score (nSPS) is 9.93. The predicted octanol–water partition coefficient (Wildman–Crippen LogP) is 0.216. The summed E-state index contributed by atoms with van der Waals surface area (Å²) in [6, 6.07) is 0. The zero-order valence-electron chi connectivity index (χ0n) is 8.56. The van der Waals surface area contributed by atoms with E-state index in [-0.39, 0.29) is 5.91 Å². The maximum Gasteiger partial charge on any atom is 0.269 e. The van der Waals surface area contributed by atoms with Gasteiger partial charge in [-0.1, -0.05) is 12.2 Å². The Bertz CT molecular complexity index is 361. The third-order valence-electron chi connectivity index (χ3n) is 1.93. The van der Waals surface area contributed by atoms with E-state index in [0.29, 0.717) is 23.6 Å². The lowest BCUT2D eigenvalue weighted by Crippen LogP contribution is -2.26. The number of rotatable bonds is 5. The highest BCUT2D eigenvalue weighted by molar-refractivity contribution is 7.80. The molecule has 0 spiro atoms. The van der Waals surface area contributed by atoms with Crippen LogP contribution >= 0.6 is 12.2 Å². The second kappa shape index (κ2) is 5.45. The second-order valence-corrected chi connectivity index (χ2v) is 3.74. The Kier molecular flexibility index (Phi) is 4.23. The Morgan fingerprint density at radius 2 is 2.47 bits per heavy atom. The Hall–Kier alpha value is -1.43. The van der Waals surface area contributed by atoms with E-state index in [1.165, 1.54) is 6.20 Å². The van der Waals surface area contributed by atoms with Gasteiger partial charge in [-0.15, -0.1) is 0 Å². The molecule has 0 atom stereocenters. The molecule has 82 valence electrons. The minimum Gasteiger partial charge on any atom is -0.393 e. The molecule has 0 saturated carbocycles. The average molecular weight is 226 g/mol. The Morgan fingerprint density at radius 3 is 3.00 bits per heavy atom. The smallest absolute Gasteiger partial charge is 0.269 e. The van der Waals surface area contributed by atoms with Crippen LogP contribution in [-0.4, -0.2) is 27.0 Å². The average Bonchev–Trinajstić information content (AvgIpc) is 2.58. The predicted molar refractivity (Wildman–Crippen MR) is 61.6 cm³/mol. The number of imidazole rings is 1. The van der Waals surface area contributed by atoms with Gasteiger partial charge in [0, 0.05) is 13.6 Å². The van der Waals surface area contributed by atoms with E-state index in [0.717, 1.165) is 6.42 Å². The Balaban J connectivity index is 2.31. The van der Waals surface area contributed by atoms with Crippen molar-refractivity contribution >= 4 is 23.1 Å². The van der Waals surface area contributed by atoms with Crippen LogP contribution in [0.3, 0.4) is 0 Å². The number of hydrogen-bond acceptors (Lipinski definition) is 3. The lowest BCUT2D eigenvalue weighted by molar-refractivity contribution is 0.0945. The van der Waals surface area contributed by atoms with Gasteiger partial charge in [-0.05, 0) is 12.8 Å². The number of carbonyl (C=O) groups excluding carboxylic acids is 1. The van der Waals surface area contributed by atoms with Crippen molar-refractivity contribution in [3.8, 4) is 0 Å². The molecule has 0 radical (unpaired) electrons. The van der Waals surface area contributed by atoms with Crippen LogP contribution in [0.15, 0.2) is 12.5 Å². The van der Waals surface area contributed by atoms with Crippen LogP contribution in [0.25, 0.3) is 0 Å². The molecule has 1 rings (SSSR count). The van der Waals surface area contributed by atoms with Gasteiger partial charge < -0.3 is 15.6 Å². The molecular formula is C9H14N4OS. The summed E-state index contributed by atoms with van der Waals surface area (Å²) in [5.41, 5.74) is 5.88. The van der Waals surface area contributed by atoms with E-state index in [1.54, 1.807) is 17.9 Å². The third kappa shape index (κ3) is 3.67. The molecule has 1 heterocycles. The molecule has 0 aliphatic rings. The number of nitrogens with two attached hydrogens (primary N) is 1. The molecule has 0 unspecified atom stereocenters. The van der Waals surface area contributed by atoms with Crippen LogP contribution in [0, 0.1) is 0 Å². The lowest BCUT2D eigenvalue weighted by atomic mass is 10.3. The fraction of sp³-hybridized carbons (Fsp3) is 0.444. The van der Waals surface area contributed by atoms with E-state index >= 15 is 0 Å². The molecule has 5 nitrogen and oxygen atoms in total. The van der Waals surface area contributed by atoms with Gasteiger partial charge >= 0.3 is 0 Å². The van der Waals surface area contributed by atoms with Gasteiger partial charge in [-0.2, -0.15) is 0 Å². The van der Waals surface area contributed by atoms with Crippen molar-refractivity contribution in [3.05, 3.63) is 18.2 Å². The van der Waals surface area contributed by atoms with Crippen molar-refractivity contribution in [1.29, 1.82) is 0 Å². The third-order valence-corrected chi connectivity index (χ3v) is 2.14. The van der Waals surface area contributed by atoms with Crippen LogP contribution in [0.2, 0.25) is 0 Å². The maximum absolute atomic E-state index is 11.5. The molecule has 6 heteroatoms. The standard InChI is InChI=1S/C9H14N4OS/c1-13-6-11-5-7(13)9(14)12-4-2-3-8(10)15/h5-6H,2-4H2,1H3,(H2,10,15)(H,12,14). The van der Waals surface area contributed by atoms with Crippen molar-refractivity contribution in [2.45, 2.75) is 12.8 Å².